The summed E-state index contributed by atoms with van der Waals surface area (Å²) in [5.41, 5.74) is 1.37. The average Bonchev–Trinajstić information content (AvgIpc) is 2.27. The molecule has 0 radical (unpaired) electrons. The Balaban J connectivity index is 1.73. The van der Waals surface area contributed by atoms with Gasteiger partial charge in [0.25, 0.3) is 0 Å². The van der Waals surface area contributed by atoms with Crippen LogP contribution < -0.4 is 0 Å². The first kappa shape index (κ1) is 11.7. The Bertz CT molecular complexity index is 280. The molecule has 2 aliphatic rings. The van der Waals surface area contributed by atoms with Gasteiger partial charge in [-0.25, -0.2) is 0 Å². The van der Waals surface area contributed by atoms with Gasteiger partial charge in [-0.3, -0.25) is 0 Å². The maximum atomic E-state index is 2.62. The Morgan fingerprint density at radius 1 is 1.38 bits per heavy atom. The molecule has 1 fully saturated rings. The summed E-state index contributed by atoms with van der Waals surface area (Å²) < 4.78 is 0. The first-order chi connectivity index (χ1) is 7.74. The summed E-state index contributed by atoms with van der Waals surface area (Å²) in [4.78, 5) is 5.05. The van der Waals surface area contributed by atoms with Gasteiger partial charge in [0.1, 0.15) is 0 Å². The molecule has 0 amide bonds. The van der Waals surface area contributed by atoms with E-state index in [0.717, 1.165) is 12.5 Å². The first-order valence-electron chi connectivity index (χ1n) is 6.55. The van der Waals surface area contributed by atoms with Crippen LogP contribution in [0.1, 0.15) is 26.7 Å². The zero-order valence-corrected chi connectivity index (χ0v) is 10.7. The van der Waals surface area contributed by atoms with Crippen molar-refractivity contribution in [3.8, 4) is 0 Å². The number of likely N-dealkylation sites (tertiary alicyclic amines) is 1. The monoisotopic (exact) mass is 220 g/mol. The summed E-state index contributed by atoms with van der Waals surface area (Å²) in [5, 5.41) is 0. The molecule has 1 atom stereocenters. The van der Waals surface area contributed by atoms with Crippen LogP contribution >= 0.6 is 0 Å². The van der Waals surface area contributed by atoms with Crippen molar-refractivity contribution in [3.63, 3.8) is 0 Å². The lowest BCUT2D eigenvalue weighted by Crippen LogP contribution is -2.39. The van der Waals surface area contributed by atoms with Crippen molar-refractivity contribution < 1.29 is 0 Å². The van der Waals surface area contributed by atoms with E-state index in [0.29, 0.717) is 0 Å². The Kier molecular flexibility index (Phi) is 4.05. The van der Waals surface area contributed by atoms with Gasteiger partial charge in [0.2, 0.25) is 0 Å². The lowest BCUT2D eigenvalue weighted by atomic mass is 10.0. The fraction of sp³-hybridized carbons (Fsp3) is 0.714. The third-order valence-corrected chi connectivity index (χ3v) is 3.55. The third-order valence-electron chi connectivity index (χ3n) is 3.55. The van der Waals surface area contributed by atoms with E-state index in [-0.39, 0.29) is 0 Å². The SMILES string of the molecule is CC1=CN(CCN2CCCC(C)C2)CC=C1. The van der Waals surface area contributed by atoms with Crippen molar-refractivity contribution in [2.75, 3.05) is 32.7 Å². The molecule has 16 heavy (non-hydrogen) atoms. The summed E-state index contributed by atoms with van der Waals surface area (Å²) in [6.45, 7) is 10.6. The van der Waals surface area contributed by atoms with E-state index in [1.165, 1.54) is 44.6 Å². The number of hydrogen-bond donors (Lipinski definition) is 0. The van der Waals surface area contributed by atoms with Gasteiger partial charge in [-0.05, 0) is 37.8 Å². The highest BCUT2D eigenvalue weighted by molar-refractivity contribution is 5.19. The van der Waals surface area contributed by atoms with Crippen molar-refractivity contribution >= 4 is 0 Å². The van der Waals surface area contributed by atoms with Crippen LogP contribution in [0.5, 0.6) is 0 Å². The molecule has 1 unspecified atom stereocenters. The van der Waals surface area contributed by atoms with E-state index >= 15 is 0 Å². The number of rotatable bonds is 3. The molecule has 1 saturated heterocycles. The van der Waals surface area contributed by atoms with E-state index in [1.807, 2.05) is 0 Å². The topological polar surface area (TPSA) is 6.48 Å². The van der Waals surface area contributed by atoms with Gasteiger partial charge >= 0.3 is 0 Å². The van der Waals surface area contributed by atoms with Gasteiger partial charge in [-0.1, -0.05) is 19.1 Å². The van der Waals surface area contributed by atoms with Crippen molar-refractivity contribution in [1.82, 2.24) is 9.80 Å². The van der Waals surface area contributed by atoms with Gasteiger partial charge < -0.3 is 9.80 Å². The van der Waals surface area contributed by atoms with Gasteiger partial charge in [-0.2, -0.15) is 0 Å². The molecular formula is C14H24N2. The fourth-order valence-corrected chi connectivity index (χ4v) is 2.67. The molecule has 0 bridgehead atoms. The van der Waals surface area contributed by atoms with E-state index in [2.05, 4.69) is 42.0 Å². The highest BCUT2D eigenvalue weighted by Crippen LogP contribution is 2.15. The highest BCUT2D eigenvalue weighted by atomic mass is 15.2. The van der Waals surface area contributed by atoms with E-state index < -0.39 is 0 Å². The van der Waals surface area contributed by atoms with Crippen molar-refractivity contribution in [2.24, 2.45) is 5.92 Å². The van der Waals surface area contributed by atoms with E-state index in [9.17, 15) is 0 Å². The predicted octanol–water partition coefficient (Wildman–Crippen LogP) is 2.49. The Morgan fingerprint density at radius 2 is 2.25 bits per heavy atom. The van der Waals surface area contributed by atoms with Crippen LogP contribution in [0, 0.1) is 5.92 Å². The van der Waals surface area contributed by atoms with Crippen LogP contribution in [0.2, 0.25) is 0 Å². The number of hydrogen-bond acceptors (Lipinski definition) is 2. The van der Waals surface area contributed by atoms with E-state index in [4.69, 9.17) is 0 Å². The first-order valence-corrected chi connectivity index (χ1v) is 6.55. The minimum atomic E-state index is 0.896. The molecule has 2 heteroatoms. The largest absolute Gasteiger partial charge is 0.372 e. The zero-order chi connectivity index (χ0) is 11.4. The molecular weight excluding hydrogens is 196 g/mol. The molecule has 0 saturated carbocycles. The lowest BCUT2D eigenvalue weighted by molar-refractivity contribution is 0.170. The second-order valence-corrected chi connectivity index (χ2v) is 5.32. The van der Waals surface area contributed by atoms with Crippen LogP contribution in [0.15, 0.2) is 23.9 Å². The molecule has 2 heterocycles. The van der Waals surface area contributed by atoms with Gasteiger partial charge in [0.15, 0.2) is 0 Å². The van der Waals surface area contributed by atoms with Crippen molar-refractivity contribution in [1.29, 1.82) is 0 Å². The maximum Gasteiger partial charge on any atom is 0.0357 e. The molecule has 2 nitrogen and oxygen atoms in total. The average molecular weight is 220 g/mol. The van der Waals surface area contributed by atoms with Gasteiger partial charge in [-0.15, -0.1) is 0 Å². The van der Waals surface area contributed by atoms with Crippen molar-refractivity contribution in [3.05, 3.63) is 23.9 Å². The van der Waals surface area contributed by atoms with Crippen LogP contribution in [0.3, 0.4) is 0 Å². The van der Waals surface area contributed by atoms with Crippen molar-refractivity contribution in [2.45, 2.75) is 26.7 Å². The van der Waals surface area contributed by atoms with Gasteiger partial charge in [0.05, 0.1) is 0 Å². The van der Waals surface area contributed by atoms with Crippen LogP contribution in [0.4, 0.5) is 0 Å². The number of nitrogens with zero attached hydrogens (tertiary/aromatic N) is 2. The number of piperidine rings is 1. The second kappa shape index (κ2) is 5.53. The molecule has 0 aromatic carbocycles. The number of allylic oxidation sites excluding steroid dienone is 2. The van der Waals surface area contributed by atoms with E-state index in [1.54, 1.807) is 0 Å². The summed E-state index contributed by atoms with van der Waals surface area (Å²) in [5.74, 6) is 0.896. The molecule has 90 valence electrons. The minimum Gasteiger partial charge on any atom is -0.372 e. The quantitative estimate of drug-likeness (QED) is 0.721. The Hall–Kier alpha value is -0.760. The molecule has 0 aliphatic carbocycles. The smallest absolute Gasteiger partial charge is 0.0357 e. The summed E-state index contributed by atoms with van der Waals surface area (Å²) in [7, 11) is 0. The van der Waals surface area contributed by atoms with Crippen LogP contribution in [0.25, 0.3) is 0 Å². The Morgan fingerprint density at radius 3 is 3.00 bits per heavy atom. The van der Waals surface area contributed by atoms with Crippen LogP contribution in [-0.2, 0) is 0 Å². The minimum absolute atomic E-state index is 0.896. The normalized spacial score (nSPS) is 27.0. The fourth-order valence-electron chi connectivity index (χ4n) is 2.67. The third kappa shape index (κ3) is 3.38. The standard InChI is InChI=1S/C14H24N2/c1-13-5-3-7-15(11-13)9-10-16-8-4-6-14(2)12-16/h3,5,11,14H,4,6-10,12H2,1-2H3. The molecule has 0 aromatic heterocycles. The summed E-state index contributed by atoms with van der Waals surface area (Å²) >= 11 is 0. The summed E-state index contributed by atoms with van der Waals surface area (Å²) in [6, 6.07) is 0. The zero-order valence-electron chi connectivity index (χ0n) is 10.7. The molecule has 0 spiro atoms. The second-order valence-electron chi connectivity index (χ2n) is 5.32. The molecule has 2 rings (SSSR count). The summed E-state index contributed by atoms with van der Waals surface area (Å²) in [6.07, 6.45) is 9.55. The molecule has 0 aromatic rings. The van der Waals surface area contributed by atoms with Gasteiger partial charge in [0, 0.05) is 32.4 Å². The molecule has 2 aliphatic heterocycles. The Labute approximate surface area is 99.6 Å². The predicted molar refractivity (Wildman–Crippen MR) is 69.3 cm³/mol. The lowest BCUT2D eigenvalue weighted by Gasteiger charge is -2.33. The van der Waals surface area contributed by atoms with Crippen LogP contribution in [-0.4, -0.2) is 42.5 Å². The molecule has 0 N–H and O–H groups in total. The maximum absolute atomic E-state index is 2.62. The highest BCUT2D eigenvalue weighted by Gasteiger charge is 2.16.